The first-order valence-electron chi connectivity index (χ1n) is 8.38. The molecule has 0 spiro atoms. The lowest BCUT2D eigenvalue weighted by Crippen LogP contribution is -2.13. The highest BCUT2D eigenvalue weighted by Gasteiger charge is 2.16. The van der Waals surface area contributed by atoms with Crippen molar-refractivity contribution in [1.29, 1.82) is 0 Å². The van der Waals surface area contributed by atoms with E-state index in [1.165, 1.54) is 12.1 Å². The lowest BCUT2D eigenvalue weighted by atomic mass is 10.1. The summed E-state index contributed by atoms with van der Waals surface area (Å²) in [4.78, 5) is 11.8. The Morgan fingerprint density at radius 2 is 1.88 bits per heavy atom. The molecule has 0 aliphatic carbocycles. The second-order valence-corrected chi connectivity index (χ2v) is 6.15. The van der Waals surface area contributed by atoms with Gasteiger partial charge in [0, 0.05) is 17.9 Å². The zero-order valence-electron chi connectivity index (χ0n) is 14.8. The van der Waals surface area contributed by atoms with Gasteiger partial charge in [0.05, 0.1) is 12.7 Å². The van der Waals surface area contributed by atoms with Crippen molar-refractivity contribution in [3.8, 4) is 17.0 Å². The molecule has 1 aromatic heterocycles. The van der Waals surface area contributed by atoms with Gasteiger partial charge in [-0.2, -0.15) is 0 Å². The second-order valence-electron chi connectivity index (χ2n) is 6.15. The fourth-order valence-electron chi connectivity index (χ4n) is 3.12. The molecule has 26 heavy (non-hydrogen) atoms. The molecule has 0 saturated heterocycles. The molecular weight excluding hydrogens is 331 g/mol. The highest BCUT2D eigenvalue weighted by Crippen LogP contribution is 2.28. The van der Waals surface area contributed by atoms with Gasteiger partial charge >= 0.3 is 0 Å². The summed E-state index contributed by atoms with van der Waals surface area (Å²) in [5.41, 5.74) is 9.59. The van der Waals surface area contributed by atoms with E-state index in [1.54, 1.807) is 13.2 Å². The number of carbonyl (C=O) groups is 1. The minimum atomic E-state index is -0.457. The first kappa shape index (κ1) is 17.7. The number of rotatable bonds is 6. The van der Waals surface area contributed by atoms with Crippen molar-refractivity contribution in [1.82, 2.24) is 4.57 Å². The number of hydrogen-bond acceptors (Lipinski definition) is 2. The molecule has 0 atom stereocenters. The number of carbonyl (C=O) groups excluding carboxylic acids is 1. The number of nitrogens with zero attached hydrogens (tertiary/aromatic N) is 1. The van der Waals surface area contributed by atoms with Crippen molar-refractivity contribution in [2.75, 3.05) is 7.11 Å². The SMILES string of the molecule is COc1ccc(-c2cc(C(N)=O)c(C)n2CCc2cccc(F)c2)cc1. The Morgan fingerprint density at radius 1 is 1.15 bits per heavy atom. The molecular formula is C21H21FN2O2. The van der Waals surface area contributed by atoms with Crippen LogP contribution in [0.2, 0.25) is 0 Å². The number of nitrogens with two attached hydrogens (primary N) is 1. The number of primary amides is 1. The largest absolute Gasteiger partial charge is 0.497 e. The van der Waals surface area contributed by atoms with Gasteiger partial charge in [-0.3, -0.25) is 4.79 Å². The van der Waals surface area contributed by atoms with Crippen LogP contribution in [0.4, 0.5) is 4.39 Å². The normalized spacial score (nSPS) is 10.7. The van der Waals surface area contributed by atoms with E-state index in [4.69, 9.17) is 10.5 Å². The summed E-state index contributed by atoms with van der Waals surface area (Å²) in [6, 6.07) is 16.0. The maximum atomic E-state index is 13.4. The number of benzene rings is 2. The van der Waals surface area contributed by atoms with E-state index < -0.39 is 5.91 Å². The van der Waals surface area contributed by atoms with E-state index in [0.29, 0.717) is 18.5 Å². The van der Waals surface area contributed by atoms with E-state index in [9.17, 15) is 9.18 Å². The second kappa shape index (κ2) is 7.44. The first-order chi connectivity index (χ1) is 12.5. The molecule has 1 heterocycles. The Bertz CT molecular complexity index is 930. The van der Waals surface area contributed by atoms with Crippen LogP contribution in [0, 0.1) is 12.7 Å². The van der Waals surface area contributed by atoms with Gasteiger partial charge in [-0.1, -0.05) is 12.1 Å². The van der Waals surface area contributed by atoms with Crippen LogP contribution in [0.25, 0.3) is 11.3 Å². The third-order valence-electron chi connectivity index (χ3n) is 4.53. The molecule has 0 aliphatic rings. The van der Waals surface area contributed by atoms with Gasteiger partial charge in [0.2, 0.25) is 0 Å². The smallest absolute Gasteiger partial charge is 0.250 e. The summed E-state index contributed by atoms with van der Waals surface area (Å²) in [6.45, 7) is 2.49. The molecule has 2 aromatic carbocycles. The van der Waals surface area contributed by atoms with E-state index >= 15 is 0 Å². The van der Waals surface area contributed by atoms with Crippen molar-refractivity contribution in [3.05, 3.63) is 77.2 Å². The Kier molecular flexibility index (Phi) is 5.07. The minimum absolute atomic E-state index is 0.250. The van der Waals surface area contributed by atoms with Crippen LogP contribution in [-0.4, -0.2) is 17.6 Å². The number of amides is 1. The summed E-state index contributed by atoms with van der Waals surface area (Å²) < 4.78 is 20.7. The maximum Gasteiger partial charge on any atom is 0.250 e. The average Bonchev–Trinajstić information content (AvgIpc) is 2.97. The van der Waals surface area contributed by atoms with Gasteiger partial charge in [-0.25, -0.2) is 4.39 Å². The van der Waals surface area contributed by atoms with Crippen LogP contribution >= 0.6 is 0 Å². The van der Waals surface area contributed by atoms with E-state index in [1.807, 2.05) is 47.9 Å². The van der Waals surface area contributed by atoms with Crippen LogP contribution in [0.15, 0.2) is 54.6 Å². The standard InChI is InChI=1S/C21H21FN2O2/c1-14-19(21(23)25)13-20(16-6-8-18(26-2)9-7-16)24(14)11-10-15-4-3-5-17(22)12-15/h3-9,12-13H,10-11H2,1-2H3,(H2,23,25). The van der Waals surface area contributed by atoms with Gasteiger partial charge in [0.1, 0.15) is 11.6 Å². The molecule has 2 N–H and O–H groups in total. The van der Waals surface area contributed by atoms with Crippen molar-refractivity contribution < 1.29 is 13.9 Å². The summed E-state index contributed by atoms with van der Waals surface area (Å²) in [7, 11) is 1.62. The topological polar surface area (TPSA) is 57.2 Å². The lowest BCUT2D eigenvalue weighted by Gasteiger charge is -2.13. The fraction of sp³-hybridized carbons (Fsp3) is 0.190. The summed E-state index contributed by atoms with van der Waals surface area (Å²) in [6.07, 6.45) is 0.647. The van der Waals surface area contributed by atoms with Crippen LogP contribution in [0.3, 0.4) is 0 Å². The number of aryl methyl sites for hydroxylation is 1. The first-order valence-corrected chi connectivity index (χ1v) is 8.38. The molecule has 0 fully saturated rings. The molecule has 0 bridgehead atoms. The molecule has 1 amide bonds. The number of halogens is 1. The van der Waals surface area contributed by atoms with E-state index in [-0.39, 0.29) is 5.82 Å². The van der Waals surface area contributed by atoms with Gasteiger partial charge in [0.25, 0.3) is 5.91 Å². The molecule has 5 heteroatoms. The molecule has 0 unspecified atom stereocenters. The Morgan fingerprint density at radius 3 is 2.50 bits per heavy atom. The number of hydrogen-bond donors (Lipinski definition) is 1. The van der Waals surface area contributed by atoms with Gasteiger partial charge in [-0.05, 0) is 66.9 Å². The van der Waals surface area contributed by atoms with Crippen molar-refractivity contribution in [2.24, 2.45) is 5.73 Å². The Labute approximate surface area is 152 Å². The maximum absolute atomic E-state index is 13.4. The van der Waals surface area contributed by atoms with Crippen LogP contribution in [0.1, 0.15) is 21.6 Å². The zero-order valence-corrected chi connectivity index (χ0v) is 14.8. The number of aromatic nitrogens is 1. The van der Waals surface area contributed by atoms with Crippen molar-refractivity contribution in [2.45, 2.75) is 19.9 Å². The molecule has 134 valence electrons. The fourth-order valence-corrected chi connectivity index (χ4v) is 3.12. The summed E-state index contributed by atoms with van der Waals surface area (Å²) >= 11 is 0. The van der Waals surface area contributed by atoms with Crippen LogP contribution in [0.5, 0.6) is 5.75 Å². The lowest BCUT2D eigenvalue weighted by molar-refractivity contribution is 0.0999. The molecule has 3 rings (SSSR count). The molecule has 0 saturated carbocycles. The Balaban J connectivity index is 1.97. The van der Waals surface area contributed by atoms with Gasteiger partial charge in [-0.15, -0.1) is 0 Å². The molecule has 4 nitrogen and oxygen atoms in total. The van der Waals surface area contributed by atoms with Crippen LogP contribution in [-0.2, 0) is 13.0 Å². The summed E-state index contributed by atoms with van der Waals surface area (Å²) in [5.74, 6) is 0.0557. The van der Waals surface area contributed by atoms with Gasteiger partial charge < -0.3 is 15.0 Å². The third kappa shape index (κ3) is 3.61. The van der Waals surface area contributed by atoms with Gasteiger partial charge in [0.15, 0.2) is 0 Å². The minimum Gasteiger partial charge on any atom is -0.497 e. The predicted octanol–water partition coefficient (Wildman–Crippen LogP) is 3.95. The quantitative estimate of drug-likeness (QED) is 0.730. The predicted molar refractivity (Wildman–Crippen MR) is 99.8 cm³/mol. The number of ether oxygens (including phenoxy) is 1. The zero-order chi connectivity index (χ0) is 18.7. The molecule has 3 aromatic rings. The monoisotopic (exact) mass is 352 g/mol. The third-order valence-corrected chi connectivity index (χ3v) is 4.53. The van der Waals surface area contributed by atoms with E-state index in [2.05, 4.69) is 0 Å². The van der Waals surface area contributed by atoms with Crippen molar-refractivity contribution >= 4 is 5.91 Å². The molecule has 0 aliphatic heterocycles. The highest BCUT2D eigenvalue weighted by atomic mass is 19.1. The van der Waals surface area contributed by atoms with Crippen molar-refractivity contribution in [3.63, 3.8) is 0 Å². The average molecular weight is 352 g/mol. The van der Waals surface area contributed by atoms with Crippen LogP contribution < -0.4 is 10.5 Å². The Hall–Kier alpha value is -3.08. The van der Waals surface area contributed by atoms with E-state index in [0.717, 1.165) is 28.3 Å². The summed E-state index contributed by atoms with van der Waals surface area (Å²) in [5, 5.41) is 0. The highest BCUT2D eigenvalue weighted by molar-refractivity contribution is 5.95. The number of methoxy groups -OCH3 is 1. The molecule has 0 radical (unpaired) electrons.